The van der Waals surface area contributed by atoms with Gasteiger partial charge in [0.05, 0.1) is 0 Å². The molecule has 4 nitrogen and oxygen atoms in total. The molecule has 1 aliphatic carbocycles. The SMILES string of the molecule is CC1(C)CN(c2ccc(OC(F)(F)P)c(O)c2)C2CCCCC2N1. The van der Waals surface area contributed by atoms with E-state index in [9.17, 15) is 13.9 Å². The Morgan fingerprint density at radius 2 is 2.04 bits per heavy atom. The van der Waals surface area contributed by atoms with E-state index >= 15 is 0 Å². The number of halogens is 2. The summed E-state index contributed by atoms with van der Waals surface area (Å²) in [7, 11) is 1.31. The zero-order valence-corrected chi connectivity index (χ0v) is 15.2. The number of fused-ring (bicyclic) bond motifs is 1. The number of benzene rings is 1. The lowest BCUT2D eigenvalue weighted by Gasteiger charge is -2.52. The second-order valence-electron chi connectivity index (χ2n) is 7.43. The molecule has 24 heavy (non-hydrogen) atoms. The fourth-order valence-electron chi connectivity index (χ4n) is 3.94. The highest BCUT2D eigenvalue weighted by Crippen LogP contribution is 2.39. The van der Waals surface area contributed by atoms with E-state index < -0.39 is 5.85 Å². The van der Waals surface area contributed by atoms with Crippen molar-refractivity contribution in [2.75, 3.05) is 11.4 Å². The molecule has 1 saturated carbocycles. The first-order chi connectivity index (χ1) is 11.1. The molecular formula is C17H25F2N2O2P. The van der Waals surface area contributed by atoms with Crippen molar-refractivity contribution < 1.29 is 18.6 Å². The zero-order chi connectivity index (χ0) is 17.5. The molecule has 1 heterocycles. The number of hydrogen-bond acceptors (Lipinski definition) is 4. The molecule has 2 fully saturated rings. The van der Waals surface area contributed by atoms with E-state index in [-0.39, 0.29) is 17.0 Å². The molecule has 0 spiro atoms. The highest BCUT2D eigenvalue weighted by atomic mass is 31.0. The number of alkyl halides is 2. The van der Waals surface area contributed by atoms with Crippen molar-refractivity contribution in [3.8, 4) is 11.5 Å². The van der Waals surface area contributed by atoms with E-state index in [2.05, 4.69) is 28.8 Å². The van der Waals surface area contributed by atoms with Crippen molar-refractivity contribution in [1.82, 2.24) is 5.32 Å². The smallest absolute Gasteiger partial charge is 0.408 e. The van der Waals surface area contributed by atoms with Crippen molar-refractivity contribution >= 4 is 14.9 Å². The predicted molar refractivity (Wildman–Crippen MR) is 94.0 cm³/mol. The summed E-state index contributed by atoms with van der Waals surface area (Å²) in [5.74, 6) is -3.88. The molecule has 2 N–H and O–H groups in total. The van der Waals surface area contributed by atoms with Gasteiger partial charge in [-0.25, -0.2) is 0 Å². The second-order valence-corrected chi connectivity index (χ2v) is 8.10. The summed E-state index contributed by atoms with van der Waals surface area (Å²) >= 11 is 0. The summed E-state index contributed by atoms with van der Waals surface area (Å²) in [6.45, 7) is 5.13. The van der Waals surface area contributed by atoms with Gasteiger partial charge >= 0.3 is 5.85 Å². The van der Waals surface area contributed by atoms with Gasteiger partial charge in [0, 0.05) is 35.9 Å². The number of rotatable bonds is 3. The van der Waals surface area contributed by atoms with Crippen molar-refractivity contribution in [1.29, 1.82) is 0 Å². The summed E-state index contributed by atoms with van der Waals surface area (Å²) in [6.07, 6.45) is 4.64. The summed E-state index contributed by atoms with van der Waals surface area (Å²) in [5.41, 5.74) is 0.800. The van der Waals surface area contributed by atoms with E-state index in [0.29, 0.717) is 12.1 Å². The molecule has 0 amide bonds. The highest BCUT2D eigenvalue weighted by molar-refractivity contribution is 7.17. The second kappa shape index (κ2) is 6.30. The van der Waals surface area contributed by atoms with Crippen molar-refractivity contribution in [2.45, 2.75) is 63.0 Å². The first-order valence-electron chi connectivity index (χ1n) is 8.38. The minimum Gasteiger partial charge on any atom is -0.504 e. The lowest BCUT2D eigenvalue weighted by Crippen LogP contribution is -2.67. The number of phenols is 1. The van der Waals surface area contributed by atoms with Crippen LogP contribution >= 0.6 is 9.24 Å². The first-order valence-corrected chi connectivity index (χ1v) is 8.95. The van der Waals surface area contributed by atoms with E-state index in [1.165, 1.54) is 34.2 Å². The van der Waals surface area contributed by atoms with Crippen LogP contribution in [-0.2, 0) is 0 Å². The Labute approximate surface area is 143 Å². The maximum absolute atomic E-state index is 13.0. The molecule has 1 aromatic rings. The lowest BCUT2D eigenvalue weighted by atomic mass is 9.83. The number of ether oxygens (including phenoxy) is 1. The highest BCUT2D eigenvalue weighted by Gasteiger charge is 2.40. The molecule has 0 aromatic heterocycles. The topological polar surface area (TPSA) is 44.7 Å². The molecule has 0 bridgehead atoms. The van der Waals surface area contributed by atoms with Gasteiger partial charge in [0.1, 0.15) is 0 Å². The van der Waals surface area contributed by atoms with E-state index in [4.69, 9.17) is 0 Å². The maximum atomic E-state index is 13.0. The van der Waals surface area contributed by atoms with Crippen LogP contribution in [-0.4, -0.2) is 35.1 Å². The molecule has 3 atom stereocenters. The standard InChI is InChI=1S/C17H25F2N2O2P/c1-16(2)10-21(13-6-4-3-5-12(13)20-16)11-7-8-15(14(22)9-11)23-17(18,19)24/h7-9,12-13,20,22H,3-6,10,24H2,1-2H3. The number of nitrogens with one attached hydrogen (secondary N) is 1. The van der Waals surface area contributed by atoms with Crippen LogP contribution in [0.3, 0.4) is 0 Å². The lowest BCUT2D eigenvalue weighted by molar-refractivity contribution is -0.0903. The van der Waals surface area contributed by atoms with Gasteiger partial charge < -0.3 is 20.1 Å². The summed E-state index contributed by atoms with van der Waals surface area (Å²) in [6, 6.07) is 5.46. The third kappa shape index (κ3) is 3.92. The van der Waals surface area contributed by atoms with Crippen molar-refractivity contribution in [3.63, 3.8) is 0 Å². The van der Waals surface area contributed by atoms with Gasteiger partial charge in [0.15, 0.2) is 11.5 Å². The van der Waals surface area contributed by atoms with Crippen LogP contribution in [0.4, 0.5) is 14.5 Å². The van der Waals surface area contributed by atoms with Crippen molar-refractivity contribution in [3.05, 3.63) is 18.2 Å². The normalized spacial score (nSPS) is 26.8. The Morgan fingerprint density at radius 1 is 1.33 bits per heavy atom. The number of phenolic OH excluding ortho intramolecular Hbond substituents is 1. The Morgan fingerprint density at radius 3 is 2.71 bits per heavy atom. The average molecular weight is 358 g/mol. The van der Waals surface area contributed by atoms with Gasteiger partial charge in [0.25, 0.3) is 0 Å². The zero-order valence-electron chi connectivity index (χ0n) is 14.1. The summed E-state index contributed by atoms with van der Waals surface area (Å²) in [5, 5.41) is 13.8. The molecule has 7 heteroatoms. The van der Waals surface area contributed by atoms with Crippen LogP contribution in [0.15, 0.2) is 18.2 Å². The van der Waals surface area contributed by atoms with Crippen LogP contribution in [0.5, 0.6) is 11.5 Å². The monoisotopic (exact) mass is 358 g/mol. The van der Waals surface area contributed by atoms with Gasteiger partial charge in [-0.1, -0.05) is 12.8 Å². The fraction of sp³-hybridized carbons (Fsp3) is 0.647. The van der Waals surface area contributed by atoms with E-state index in [1.54, 1.807) is 6.07 Å². The Hall–Kier alpha value is -1.13. The molecule has 1 aliphatic heterocycles. The van der Waals surface area contributed by atoms with Gasteiger partial charge in [-0.05, 0) is 48.1 Å². The first kappa shape index (κ1) is 17.7. The summed E-state index contributed by atoms with van der Waals surface area (Å²) < 4.78 is 30.4. The number of piperazine rings is 1. The number of hydrogen-bond donors (Lipinski definition) is 2. The maximum Gasteiger partial charge on any atom is 0.408 e. The Bertz CT molecular complexity index is 607. The van der Waals surface area contributed by atoms with Crippen LogP contribution < -0.4 is 15.0 Å². The minimum atomic E-state index is -3.40. The van der Waals surface area contributed by atoms with Gasteiger partial charge in [-0.3, -0.25) is 0 Å². The molecule has 3 rings (SSSR count). The molecular weight excluding hydrogens is 333 g/mol. The van der Waals surface area contributed by atoms with Crippen LogP contribution in [0, 0.1) is 0 Å². The van der Waals surface area contributed by atoms with Gasteiger partial charge in [0.2, 0.25) is 0 Å². The number of aromatic hydroxyl groups is 1. The third-order valence-electron chi connectivity index (χ3n) is 4.79. The Balaban J connectivity index is 1.87. The molecule has 1 saturated heterocycles. The number of nitrogens with zero attached hydrogens (tertiary/aromatic N) is 1. The largest absolute Gasteiger partial charge is 0.504 e. The van der Waals surface area contributed by atoms with E-state index in [0.717, 1.165) is 25.1 Å². The fourth-order valence-corrected chi connectivity index (χ4v) is 4.07. The Kier molecular flexibility index (Phi) is 4.65. The third-order valence-corrected chi connectivity index (χ3v) is 4.91. The van der Waals surface area contributed by atoms with E-state index in [1.807, 2.05) is 0 Å². The molecule has 0 radical (unpaired) electrons. The minimum absolute atomic E-state index is 0.0453. The molecule has 2 aliphatic rings. The van der Waals surface area contributed by atoms with Gasteiger partial charge in [-0.2, -0.15) is 8.78 Å². The van der Waals surface area contributed by atoms with Crippen LogP contribution in [0.1, 0.15) is 39.5 Å². The quantitative estimate of drug-likeness (QED) is 0.809. The van der Waals surface area contributed by atoms with Crippen LogP contribution in [0.2, 0.25) is 0 Å². The van der Waals surface area contributed by atoms with Gasteiger partial charge in [-0.15, -0.1) is 0 Å². The predicted octanol–water partition coefficient (Wildman–Crippen LogP) is 3.70. The molecule has 1 aromatic carbocycles. The van der Waals surface area contributed by atoms with Crippen LogP contribution in [0.25, 0.3) is 0 Å². The average Bonchev–Trinajstić information content (AvgIpc) is 2.46. The molecule has 134 valence electrons. The number of anilines is 1. The molecule has 3 unspecified atom stereocenters. The van der Waals surface area contributed by atoms with Crippen molar-refractivity contribution in [2.24, 2.45) is 0 Å². The summed E-state index contributed by atoms with van der Waals surface area (Å²) in [4.78, 5) is 2.29.